The lowest BCUT2D eigenvalue weighted by atomic mass is 9.80. The number of nitrogens with zero attached hydrogens (tertiary/aromatic N) is 3. The molecule has 2 unspecified atom stereocenters. The molecule has 1 aromatic heterocycles. The average Bonchev–Trinajstić information content (AvgIpc) is 3.31. The van der Waals surface area contributed by atoms with Crippen LogP contribution in [-0.2, 0) is 18.3 Å². The highest BCUT2D eigenvalue weighted by molar-refractivity contribution is 5.54. The van der Waals surface area contributed by atoms with E-state index in [1.165, 1.54) is 18.2 Å². The maximum Gasteiger partial charge on any atom is 0.416 e. The van der Waals surface area contributed by atoms with Gasteiger partial charge in [0.05, 0.1) is 17.7 Å². The predicted molar refractivity (Wildman–Crippen MR) is 107 cm³/mol. The molecule has 2 aliphatic rings. The molecule has 5 rings (SSSR count). The van der Waals surface area contributed by atoms with Gasteiger partial charge in [-0.2, -0.15) is 18.2 Å². The van der Waals surface area contributed by atoms with E-state index in [9.17, 15) is 22.7 Å². The Morgan fingerprint density at radius 3 is 2.31 bits per heavy atom. The monoisotopic (exact) mass is 447 g/mol. The molecular formula is C23H21F4N3O2. The normalized spacial score (nSPS) is 25.9. The van der Waals surface area contributed by atoms with E-state index < -0.39 is 23.2 Å². The summed E-state index contributed by atoms with van der Waals surface area (Å²) in [5.74, 6) is 0.176. The summed E-state index contributed by atoms with van der Waals surface area (Å²) in [4.78, 5) is 6.54. The molecule has 0 spiro atoms. The van der Waals surface area contributed by atoms with Crippen molar-refractivity contribution >= 4 is 0 Å². The molecular weight excluding hydrogens is 426 g/mol. The first kappa shape index (κ1) is 21.1. The van der Waals surface area contributed by atoms with E-state index >= 15 is 0 Å². The topological polar surface area (TPSA) is 62.4 Å². The van der Waals surface area contributed by atoms with Gasteiger partial charge in [-0.1, -0.05) is 35.5 Å². The van der Waals surface area contributed by atoms with E-state index in [4.69, 9.17) is 4.52 Å². The third-order valence-electron chi connectivity index (χ3n) is 6.55. The van der Waals surface area contributed by atoms with Gasteiger partial charge in [-0.15, -0.1) is 0 Å². The molecule has 0 amide bonds. The van der Waals surface area contributed by atoms with Crippen molar-refractivity contribution in [3.05, 3.63) is 71.4 Å². The van der Waals surface area contributed by atoms with Crippen LogP contribution in [0.2, 0.25) is 0 Å². The largest absolute Gasteiger partial charge is 0.416 e. The van der Waals surface area contributed by atoms with Crippen LogP contribution >= 0.6 is 0 Å². The molecule has 0 saturated carbocycles. The van der Waals surface area contributed by atoms with Crippen LogP contribution in [0.3, 0.4) is 0 Å². The standard InChI is InChI=1S/C23H21F4N3O2/c24-19-4-2-1-3-18(19)22(31)11-16-9-10-17(12-22)30(16)13-20-28-21(29-32-20)14-5-7-15(8-6-14)23(25,26)27/h1-8,16-17,31H,9-13H2. The average molecular weight is 447 g/mol. The van der Waals surface area contributed by atoms with E-state index in [1.54, 1.807) is 18.2 Å². The molecule has 0 radical (unpaired) electrons. The Morgan fingerprint density at radius 2 is 1.69 bits per heavy atom. The lowest BCUT2D eigenvalue weighted by molar-refractivity contribution is -0.137. The molecule has 0 aliphatic carbocycles. The number of fused-ring (bicyclic) bond motifs is 2. The minimum absolute atomic E-state index is 0.0415. The molecule has 32 heavy (non-hydrogen) atoms. The Morgan fingerprint density at radius 1 is 1.03 bits per heavy atom. The maximum atomic E-state index is 14.3. The fraction of sp³-hybridized carbons (Fsp3) is 0.391. The first-order chi connectivity index (χ1) is 15.2. The number of hydrogen-bond acceptors (Lipinski definition) is 5. The highest BCUT2D eigenvalue weighted by Crippen LogP contribution is 2.46. The Bertz CT molecular complexity index is 1100. The van der Waals surface area contributed by atoms with E-state index in [0.29, 0.717) is 36.4 Å². The van der Waals surface area contributed by atoms with Crippen molar-refractivity contribution in [3.63, 3.8) is 0 Å². The summed E-state index contributed by atoms with van der Waals surface area (Å²) in [5, 5.41) is 15.1. The minimum atomic E-state index is -4.40. The second kappa shape index (κ2) is 7.67. The van der Waals surface area contributed by atoms with Crippen LogP contribution in [0.5, 0.6) is 0 Å². The van der Waals surface area contributed by atoms with Crippen LogP contribution in [0.15, 0.2) is 53.1 Å². The maximum absolute atomic E-state index is 14.3. The summed E-state index contributed by atoms with van der Waals surface area (Å²) in [7, 11) is 0. The third-order valence-corrected chi connectivity index (χ3v) is 6.55. The molecule has 2 fully saturated rings. The lowest BCUT2D eigenvalue weighted by Crippen LogP contribution is -2.49. The molecule has 2 saturated heterocycles. The summed E-state index contributed by atoms with van der Waals surface area (Å²) in [6.45, 7) is 0.371. The molecule has 3 heterocycles. The minimum Gasteiger partial charge on any atom is -0.385 e. The van der Waals surface area contributed by atoms with Crippen LogP contribution in [0.1, 0.15) is 42.7 Å². The number of rotatable bonds is 4. The molecule has 2 aromatic carbocycles. The second-order valence-electron chi connectivity index (χ2n) is 8.56. The first-order valence-electron chi connectivity index (χ1n) is 10.5. The Kier molecular flexibility index (Phi) is 5.05. The highest BCUT2D eigenvalue weighted by Gasteiger charge is 2.49. The molecule has 9 heteroatoms. The van der Waals surface area contributed by atoms with Gasteiger partial charge in [0.15, 0.2) is 0 Å². The molecule has 3 aromatic rings. The number of benzene rings is 2. The van der Waals surface area contributed by atoms with Crippen LogP contribution in [-0.4, -0.2) is 32.2 Å². The molecule has 168 valence electrons. The van der Waals surface area contributed by atoms with E-state index in [1.807, 2.05) is 0 Å². The molecule has 2 atom stereocenters. The Labute approximate surface area is 181 Å². The van der Waals surface area contributed by atoms with Crippen molar-refractivity contribution in [1.82, 2.24) is 15.0 Å². The van der Waals surface area contributed by atoms with E-state index in [0.717, 1.165) is 25.0 Å². The number of aromatic nitrogens is 2. The van der Waals surface area contributed by atoms with Crippen molar-refractivity contribution < 1.29 is 27.2 Å². The van der Waals surface area contributed by atoms with Gasteiger partial charge in [-0.25, -0.2) is 4.39 Å². The number of piperidine rings is 1. The number of hydrogen-bond donors (Lipinski definition) is 1. The quantitative estimate of drug-likeness (QED) is 0.576. The van der Waals surface area contributed by atoms with Gasteiger partial charge in [0.2, 0.25) is 11.7 Å². The van der Waals surface area contributed by atoms with Gasteiger partial charge in [0, 0.05) is 23.2 Å². The fourth-order valence-corrected chi connectivity index (χ4v) is 5.03. The van der Waals surface area contributed by atoms with Crippen LogP contribution in [0, 0.1) is 5.82 Å². The predicted octanol–water partition coefficient (Wildman–Crippen LogP) is 4.91. The van der Waals surface area contributed by atoms with Crippen molar-refractivity contribution in [2.24, 2.45) is 0 Å². The molecule has 2 aliphatic heterocycles. The van der Waals surface area contributed by atoms with Crippen molar-refractivity contribution in [1.29, 1.82) is 0 Å². The number of aliphatic hydroxyl groups is 1. The van der Waals surface area contributed by atoms with Crippen LogP contribution in [0.25, 0.3) is 11.4 Å². The van der Waals surface area contributed by atoms with E-state index in [2.05, 4.69) is 15.0 Å². The van der Waals surface area contributed by atoms with Crippen molar-refractivity contribution in [3.8, 4) is 11.4 Å². The zero-order chi connectivity index (χ0) is 22.5. The first-order valence-corrected chi connectivity index (χ1v) is 10.5. The summed E-state index contributed by atoms with van der Waals surface area (Å²) < 4.78 is 57.9. The third kappa shape index (κ3) is 3.80. The zero-order valence-corrected chi connectivity index (χ0v) is 17.0. The van der Waals surface area contributed by atoms with Gasteiger partial charge >= 0.3 is 6.18 Å². The highest BCUT2D eigenvalue weighted by atomic mass is 19.4. The van der Waals surface area contributed by atoms with E-state index in [-0.39, 0.29) is 17.9 Å². The van der Waals surface area contributed by atoms with Crippen molar-refractivity contribution in [2.75, 3.05) is 0 Å². The Balaban J connectivity index is 1.30. The van der Waals surface area contributed by atoms with Crippen LogP contribution < -0.4 is 0 Å². The molecule has 1 N–H and O–H groups in total. The van der Waals surface area contributed by atoms with Gasteiger partial charge in [0.25, 0.3) is 0 Å². The Hall–Kier alpha value is -2.78. The van der Waals surface area contributed by atoms with Gasteiger partial charge < -0.3 is 9.63 Å². The molecule has 5 nitrogen and oxygen atoms in total. The fourth-order valence-electron chi connectivity index (χ4n) is 5.03. The lowest BCUT2D eigenvalue weighted by Gasteiger charge is -2.43. The second-order valence-corrected chi connectivity index (χ2v) is 8.56. The number of alkyl halides is 3. The summed E-state index contributed by atoms with van der Waals surface area (Å²) in [6, 6.07) is 11.0. The number of halogens is 4. The van der Waals surface area contributed by atoms with Gasteiger partial charge in [-0.05, 0) is 43.9 Å². The zero-order valence-electron chi connectivity index (χ0n) is 17.0. The van der Waals surface area contributed by atoms with Gasteiger partial charge in [0.1, 0.15) is 5.82 Å². The van der Waals surface area contributed by atoms with Crippen molar-refractivity contribution in [2.45, 2.75) is 56.1 Å². The molecule has 2 bridgehead atoms. The van der Waals surface area contributed by atoms with Crippen LogP contribution in [0.4, 0.5) is 17.6 Å². The van der Waals surface area contributed by atoms with Gasteiger partial charge in [-0.3, -0.25) is 4.90 Å². The smallest absolute Gasteiger partial charge is 0.385 e. The summed E-state index contributed by atoms with van der Waals surface area (Å²) in [6.07, 6.45) is -1.84. The SMILES string of the molecule is OC1(c2ccccc2F)CC2CCC(C1)N2Cc1nc(-c2ccc(C(F)(F)F)cc2)no1. The summed E-state index contributed by atoms with van der Waals surface area (Å²) in [5.41, 5.74) is -1.19. The summed E-state index contributed by atoms with van der Waals surface area (Å²) >= 11 is 0.